The highest BCUT2D eigenvalue weighted by Crippen LogP contribution is 2.27. The van der Waals surface area contributed by atoms with Crippen LogP contribution in [-0.2, 0) is 0 Å². The minimum atomic E-state index is 0.779. The lowest BCUT2D eigenvalue weighted by Gasteiger charge is -1.96. The zero-order valence-corrected chi connectivity index (χ0v) is 7.21. The second kappa shape index (κ2) is 2.95. The molecule has 2 nitrogen and oxygen atoms in total. The van der Waals surface area contributed by atoms with E-state index in [2.05, 4.69) is 4.37 Å². The molecule has 0 unspecified atom stereocenters. The van der Waals surface area contributed by atoms with Crippen LogP contribution in [0.15, 0.2) is 36.5 Å². The maximum absolute atomic E-state index is 5.73. The van der Waals surface area contributed by atoms with Crippen molar-refractivity contribution in [1.29, 1.82) is 0 Å². The average Bonchev–Trinajstić information content (AvgIpc) is 2.53. The van der Waals surface area contributed by atoms with Gasteiger partial charge in [-0.3, -0.25) is 0 Å². The maximum atomic E-state index is 5.73. The molecular formula is C9H8N2S. The van der Waals surface area contributed by atoms with E-state index < -0.39 is 0 Å². The molecule has 0 fully saturated rings. The van der Waals surface area contributed by atoms with Gasteiger partial charge in [0.2, 0.25) is 0 Å². The molecule has 1 heterocycles. The highest BCUT2D eigenvalue weighted by Gasteiger charge is 2.02. The molecule has 12 heavy (non-hydrogen) atoms. The van der Waals surface area contributed by atoms with Crippen molar-refractivity contribution in [2.24, 2.45) is 0 Å². The van der Waals surface area contributed by atoms with Gasteiger partial charge in [-0.2, -0.15) is 4.37 Å². The zero-order chi connectivity index (χ0) is 8.39. The first kappa shape index (κ1) is 7.31. The molecular weight excluding hydrogens is 168 g/mol. The predicted molar refractivity (Wildman–Crippen MR) is 52.0 cm³/mol. The molecule has 60 valence electrons. The highest BCUT2D eigenvalue weighted by molar-refractivity contribution is 7.10. The molecule has 1 aromatic carbocycles. The van der Waals surface area contributed by atoms with Crippen molar-refractivity contribution in [3.63, 3.8) is 0 Å². The Morgan fingerprint density at radius 2 is 1.92 bits per heavy atom. The summed E-state index contributed by atoms with van der Waals surface area (Å²) in [6.45, 7) is 0. The summed E-state index contributed by atoms with van der Waals surface area (Å²) in [5.74, 6) is 0. The Kier molecular flexibility index (Phi) is 1.80. The third-order valence-electron chi connectivity index (χ3n) is 1.68. The summed E-state index contributed by atoms with van der Waals surface area (Å²) in [6, 6.07) is 10.0. The van der Waals surface area contributed by atoms with E-state index >= 15 is 0 Å². The van der Waals surface area contributed by atoms with Crippen molar-refractivity contribution in [2.45, 2.75) is 0 Å². The SMILES string of the molecule is Nc1sncc1-c1ccccc1. The molecule has 0 bridgehead atoms. The van der Waals surface area contributed by atoms with Crippen molar-refractivity contribution in [1.82, 2.24) is 4.37 Å². The van der Waals surface area contributed by atoms with Gasteiger partial charge in [-0.15, -0.1) is 0 Å². The number of hydrogen-bond donors (Lipinski definition) is 1. The fourth-order valence-corrected chi connectivity index (χ4v) is 1.62. The van der Waals surface area contributed by atoms with Crippen LogP contribution in [-0.4, -0.2) is 4.37 Å². The van der Waals surface area contributed by atoms with E-state index in [1.54, 1.807) is 6.20 Å². The van der Waals surface area contributed by atoms with Gasteiger partial charge in [-0.05, 0) is 17.1 Å². The van der Waals surface area contributed by atoms with Crippen LogP contribution in [0.25, 0.3) is 11.1 Å². The second-order valence-electron chi connectivity index (χ2n) is 2.47. The molecule has 0 aliphatic carbocycles. The number of hydrogen-bond acceptors (Lipinski definition) is 3. The van der Waals surface area contributed by atoms with Crippen LogP contribution in [0.3, 0.4) is 0 Å². The van der Waals surface area contributed by atoms with Crippen LogP contribution < -0.4 is 5.73 Å². The van der Waals surface area contributed by atoms with Crippen molar-refractivity contribution < 1.29 is 0 Å². The fourth-order valence-electron chi connectivity index (χ4n) is 1.08. The maximum Gasteiger partial charge on any atom is 0.114 e. The van der Waals surface area contributed by atoms with Crippen LogP contribution >= 0.6 is 11.5 Å². The van der Waals surface area contributed by atoms with E-state index in [4.69, 9.17) is 5.73 Å². The largest absolute Gasteiger partial charge is 0.389 e. The highest BCUT2D eigenvalue weighted by atomic mass is 32.1. The van der Waals surface area contributed by atoms with Gasteiger partial charge in [0, 0.05) is 5.56 Å². The minimum absolute atomic E-state index is 0.779. The van der Waals surface area contributed by atoms with Crippen molar-refractivity contribution >= 4 is 16.5 Å². The van der Waals surface area contributed by atoms with Gasteiger partial charge in [0.25, 0.3) is 0 Å². The Hall–Kier alpha value is -1.35. The van der Waals surface area contributed by atoms with Gasteiger partial charge in [0.15, 0.2) is 0 Å². The lowest BCUT2D eigenvalue weighted by molar-refractivity contribution is 1.56. The molecule has 0 amide bonds. The smallest absolute Gasteiger partial charge is 0.114 e. The number of nitrogens with two attached hydrogens (primary N) is 1. The summed E-state index contributed by atoms with van der Waals surface area (Å²) in [7, 11) is 0. The minimum Gasteiger partial charge on any atom is -0.389 e. The lowest BCUT2D eigenvalue weighted by atomic mass is 10.1. The van der Waals surface area contributed by atoms with E-state index in [0.717, 1.165) is 16.1 Å². The van der Waals surface area contributed by atoms with Crippen LogP contribution in [0, 0.1) is 0 Å². The number of rotatable bonds is 1. The summed E-state index contributed by atoms with van der Waals surface area (Å²) in [5.41, 5.74) is 7.89. The summed E-state index contributed by atoms with van der Waals surface area (Å²) in [6.07, 6.45) is 1.80. The molecule has 1 aromatic heterocycles. The number of nitrogens with zero attached hydrogens (tertiary/aromatic N) is 1. The number of aromatic nitrogens is 1. The van der Waals surface area contributed by atoms with Crippen molar-refractivity contribution in [2.75, 3.05) is 5.73 Å². The Balaban J connectivity index is 2.51. The molecule has 0 aliphatic rings. The normalized spacial score (nSPS) is 10.0. The standard InChI is InChI=1S/C9H8N2S/c10-9-8(6-11-12-9)7-4-2-1-3-5-7/h1-6H,10H2. The Morgan fingerprint density at radius 1 is 1.17 bits per heavy atom. The fraction of sp³-hybridized carbons (Fsp3) is 0. The molecule has 0 saturated heterocycles. The van der Waals surface area contributed by atoms with Crippen molar-refractivity contribution in [3.05, 3.63) is 36.5 Å². The second-order valence-corrected chi connectivity index (χ2v) is 3.30. The summed E-state index contributed by atoms with van der Waals surface area (Å²) in [4.78, 5) is 0. The predicted octanol–water partition coefficient (Wildman–Crippen LogP) is 2.39. The third-order valence-corrected chi connectivity index (χ3v) is 2.31. The molecule has 2 rings (SSSR count). The summed E-state index contributed by atoms with van der Waals surface area (Å²) >= 11 is 1.33. The van der Waals surface area contributed by atoms with Gasteiger partial charge < -0.3 is 5.73 Å². The Morgan fingerprint density at radius 3 is 2.50 bits per heavy atom. The number of nitrogen functional groups attached to an aromatic ring is 1. The molecule has 0 aliphatic heterocycles. The van der Waals surface area contributed by atoms with E-state index in [1.165, 1.54) is 11.5 Å². The first-order chi connectivity index (χ1) is 5.88. The number of anilines is 1. The van der Waals surface area contributed by atoms with Gasteiger partial charge in [-0.1, -0.05) is 30.3 Å². The van der Waals surface area contributed by atoms with E-state index in [0.29, 0.717) is 0 Å². The monoisotopic (exact) mass is 176 g/mol. The molecule has 0 spiro atoms. The first-order valence-corrected chi connectivity index (χ1v) is 4.41. The van der Waals surface area contributed by atoms with E-state index in [1.807, 2.05) is 30.3 Å². The van der Waals surface area contributed by atoms with Gasteiger partial charge >= 0.3 is 0 Å². The zero-order valence-electron chi connectivity index (χ0n) is 6.40. The molecule has 0 radical (unpaired) electrons. The molecule has 0 atom stereocenters. The molecule has 0 saturated carbocycles. The third kappa shape index (κ3) is 1.19. The van der Waals surface area contributed by atoms with Crippen LogP contribution in [0.1, 0.15) is 0 Å². The summed E-state index contributed by atoms with van der Waals surface area (Å²) < 4.78 is 4.01. The van der Waals surface area contributed by atoms with Gasteiger partial charge in [0.1, 0.15) is 5.00 Å². The van der Waals surface area contributed by atoms with Crippen molar-refractivity contribution in [3.8, 4) is 11.1 Å². The first-order valence-electron chi connectivity index (χ1n) is 3.63. The Bertz CT molecular complexity index is 367. The number of benzene rings is 1. The van der Waals surface area contributed by atoms with Gasteiger partial charge in [-0.25, -0.2) is 0 Å². The van der Waals surface area contributed by atoms with Crippen LogP contribution in [0.5, 0.6) is 0 Å². The Labute approximate surface area is 74.8 Å². The summed E-state index contributed by atoms with van der Waals surface area (Å²) in [5, 5.41) is 0.779. The molecule has 3 heteroatoms. The lowest BCUT2D eigenvalue weighted by Crippen LogP contribution is -1.82. The topological polar surface area (TPSA) is 38.9 Å². The molecule has 2 N–H and O–H groups in total. The van der Waals surface area contributed by atoms with E-state index in [-0.39, 0.29) is 0 Å². The van der Waals surface area contributed by atoms with E-state index in [9.17, 15) is 0 Å². The van der Waals surface area contributed by atoms with Crippen LogP contribution in [0.2, 0.25) is 0 Å². The average molecular weight is 176 g/mol. The van der Waals surface area contributed by atoms with Crippen LogP contribution in [0.4, 0.5) is 5.00 Å². The van der Waals surface area contributed by atoms with Gasteiger partial charge in [0.05, 0.1) is 6.20 Å². The quantitative estimate of drug-likeness (QED) is 0.724. The molecule has 2 aromatic rings.